The van der Waals surface area contributed by atoms with Crippen LogP contribution >= 0.6 is 15.9 Å². The molecule has 1 aliphatic rings. The first-order valence-electron chi connectivity index (χ1n) is 7.67. The minimum Gasteiger partial charge on any atom is -0.374 e. The molecule has 0 radical (unpaired) electrons. The highest BCUT2D eigenvalue weighted by Crippen LogP contribution is 2.14. The van der Waals surface area contributed by atoms with Crippen molar-refractivity contribution >= 4 is 27.6 Å². The van der Waals surface area contributed by atoms with Gasteiger partial charge in [-0.05, 0) is 30.2 Å². The van der Waals surface area contributed by atoms with E-state index in [-0.39, 0.29) is 12.1 Å². The van der Waals surface area contributed by atoms with E-state index < -0.39 is 0 Å². The lowest BCUT2D eigenvalue weighted by atomic mass is 10.2. The Morgan fingerprint density at radius 2 is 2.14 bits per heavy atom. The van der Waals surface area contributed by atoms with Crippen molar-refractivity contribution in [2.45, 2.75) is 20.0 Å². The molecule has 1 fully saturated rings. The number of hydrogen-bond donors (Lipinski definition) is 2. The summed E-state index contributed by atoms with van der Waals surface area (Å²) < 4.78 is 6.70. The number of anilines is 1. The molecule has 2 rings (SSSR count). The lowest BCUT2D eigenvalue weighted by molar-refractivity contribution is -0.0288. The molecule has 1 atom stereocenters. The molecule has 1 aromatic carbocycles. The smallest absolute Gasteiger partial charge is 0.319 e. The number of amides is 2. The Labute approximate surface area is 140 Å². The van der Waals surface area contributed by atoms with Crippen molar-refractivity contribution in [2.75, 3.05) is 38.1 Å². The molecule has 1 saturated heterocycles. The quantitative estimate of drug-likeness (QED) is 0.838. The van der Waals surface area contributed by atoms with Gasteiger partial charge in [-0.1, -0.05) is 29.8 Å². The van der Waals surface area contributed by atoms with E-state index in [0.717, 1.165) is 36.4 Å². The first-order chi connectivity index (χ1) is 10.5. The van der Waals surface area contributed by atoms with Gasteiger partial charge in [-0.25, -0.2) is 4.79 Å². The molecule has 0 spiro atoms. The zero-order valence-electron chi connectivity index (χ0n) is 13.1. The van der Waals surface area contributed by atoms with Gasteiger partial charge in [0.15, 0.2) is 0 Å². The minimum absolute atomic E-state index is 0.0585. The standard InChI is InChI=1S/C16H24BrN3O2/c1-12(2)10-20-7-8-22-15(11-20)9-18-16(21)19-14-5-3-13(17)4-6-14/h3-6,12,15H,7-11H2,1-2H3,(H2,18,19,21). The maximum absolute atomic E-state index is 11.9. The molecule has 0 aromatic heterocycles. The van der Waals surface area contributed by atoms with E-state index >= 15 is 0 Å². The Kier molecular flexibility index (Phi) is 6.67. The Hall–Kier alpha value is -1.11. The number of hydrogen-bond acceptors (Lipinski definition) is 3. The molecular weight excluding hydrogens is 346 g/mol. The molecular formula is C16H24BrN3O2. The van der Waals surface area contributed by atoms with Crippen molar-refractivity contribution in [2.24, 2.45) is 5.92 Å². The largest absolute Gasteiger partial charge is 0.374 e. The number of nitrogens with zero attached hydrogens (tertiary/aromatic N) is 1. The molecule has 122 valence electrons. The Bertz CT molecular complexity index is 479. The highest BCUT2D eigenvalue weighted by Gasteiger charge is 2.21. The normalized spacial score (nSPS) is 19.2. The third kappa shape index (κ3) is 5.94. The predicted molar refractivity (Wildman–Crippen MR) is 92.2 cm³/mol. The van der Waals surface area contributed by atoms with Crippen molar-refractivity contribution in [1.82, 2.24) is 10.2 Å². The Morgan fingerprint density at radius 3 is 2.82 bits per heavy atom. The van der Waals surface area contributed by atoms with Gasteiger partial charge >= 0.3 is 6.03 Å². The highest BCUT2D eigenvalue weighted by atomic mass is 79.9. The van der Waals surface area contributed by atoms with Crippen molar-refractivity contribution < 1.29 is 9.53 Å². The number of carbonyl (C=O) groups excluding carboxylic acids is 1. The summed E-state index contributed by atoms with van der Waals surface area (Å²) in [7, 11) is 0. The second kappa shape index (κ2) is 8.50. The van der Waals surface area contributed by atoms with E-state index in [9.17, 15) is 4.79 Å². The summed E-state index contributed by atoms with van der Waals surface area (Å²) in [6.07, 6.45) is 0.0585. The summed E-state index contributed by atoms with van der Waals surface area (Å²) >= 11 is 3.37. The molecule has 0 bridgehead atoms. The van der Waals surface area contributed by atoms with Crippen molar-refractivity contribution in [3.8, 4) is 0 Å². The molecule has 6 heteroatoms. The summed E-state index contributed by atoms with van der Waals surface area (Å²) in [5.41, 5.74) is 0.770. The number of nitrogens with one attached hydrogen (secondary N) is 2. The molecule has 1 aliphatic heterocycles. The zero-order chi connectivity index (χ0) is 15.9. The molecule has 1 unspecified atom stereocenters. The van der Waals surface area contributed by atoms with Crippen LogP contribution in [0.3, 0.4) is 0 Å². The number of urea groups is 1. The molecule has 2 N–H and O–H groups in total. The summed E-state index contributed by atoms with van der Waals surface area (Å²) in [5, 5.41) is 5.69. The number of benzene rings is 1. The van der Waals surface area contributed by atoms with Gasteiger partial charge in [-0.2, -0.15) is 0 Å². The van der Waals surface area contributed by atoms with Crippen LogP contribution in [-0.2, 0) is 4.74 Å². The predicted octanol–water partition coefficient (Wildman–Crippen LogP) is 2.93. The summed E-state index contributed by atoms with van der Waals surface area (Å²) in [4.78, 5) is 14.3. The van der Waals surface area contributed by atoms with Crippen LogP contribution < -0.4 is 10.6 Å². The van der Waals surface area contributed by atoms with Crippen LogP contribution in [0, 0.1) is 5.92 Å². The Balaban J connectivity index is 1.72. The second-order valence-corrected chi connectivity index (χ2v) is 6.90. The van der Waals surface area contributed by atoms with Gasteiger partial charge in [0.2, 0.25) is 0 Å². The van der Waals surface area contributed by atoms with Crippen LogP contribution in [0.2, 0.25) is 0 Å². The van der Waals surface area contributed by atoms with E-state index in [1.807, 2.05) is 24.3 Å². The average molecular weight is 370 g/mol. The van der Waals surface area contributed by atoms with E-state index in [4.69, 9.17) is 4.74 Å². The average Bonchev–Trinajstić information content (AvgIpc) is 2.47. The van der Waals surface area contributed by atoms with Crippen molar-refractivity contribution in [1.29, 1.82) is 0 Å². The molecule has 2 amide bonds. The van der Waals surface area contributed by atoms with Crippen molar-refractivity contribution in [3.63, 3.8) is 0 Å². The number of ether oxygens (including phenoxy) is 1. The van der Waals surface area contributed by atoms with Crippen LogP contribution in [0.5, 0.6) is 0 Å². The van der Waals surface area contributed by atoms with Gasteiger partial charge in [0.25, 0.3) is 0 Å². The lowest BCUT2D eigenvalue weighted by Crippen LogP contribution is -2.48. The van der Waals surface area contributed by atoms with Crippen LogP contribution in [-0.4, -0.2) is 49.8 Å². The van der Waals surface area contributed by atoms with Gasteiger partial charge < -0.3 is 15.4 Å². The number of rotatable bonds is 5. The maximum Gasteiger partial charge on any atom is 0.319 e. The number of morpholine rings is 1. The van der Waals surface area contributed by atoms with Crippen LogP contribution in [0.4, 0.5) is 10.5 Å². The number of halogens is 1. The minimum atomic E-state index is -0.202. The molecule has 22 heavy (non-hydrogen) atoms. The first-order valence-corrected chi connectivity index (χ1v) is 8.46. The van der Waals surface area contributed by atoms with Crippen molar-refractivity contribution in [3.05, 3.63) is 28.7 Å². The highest BCUT2D eigenvalue weighted by molar-refractivity contribution is 9.10. The van der Waals surface area contributed by atoms with Gasteiger partial charge in [-0.15, -0.1) is 0 Å². The fourth-order valence-electron chi connectivity index (χ4n) is 2.50. The van der Waals surface area contributed by atoms with E-state index in [1.54, 1.807) is 0 Å². The summed E-state index contributed by atoms with van der Waals surface area (Å²) in [6, 6.07) is 7.29. The van der Waals surface area contributed by atoms with Crippen LogP contribution in [0.1, 0.15) is 13.8 Å². The molecule has 1 heterocycles. The van der Waals surface area contributed by atoms with E-state index in [1.165, 1.54) is 0 Å². The van der Waals surface area contributed by atoms with Gasteiger partial charge in [0.1, 0.15) is 0 Å². The number of carbonyl (C=O) groups is 1. The third-order valence-corrected chi connectivity index (χ3v) is 3.97. The second-order valence-electron chi connectivity index (χ2n) is 5.99. The fourth-order valence-corrected chi connectivity index (χ4v) is 2.77. The molecule has 0 saturated carbocycles. The van der Waals surface area contributed by atoms with E-state index in [2.05, 4.69) is 45.3 Å². The van der Waals surface area contributed by atoms with Crippen LogP contribution in [0.15, 0.2) is 28.7 Å². The van der Waals surface area contributed by atoms with Gasteiger partial charge in [0, 0.05) is 36.3 Å². The van der Waals surface area contributed by atoms with Gasteiger partial charge in [-0.3, -0.25) is 4.90 Å². The molecule has 1 aromatic rings. The first kappa shape index (κ1) is 17.2. The Morgan fingerprint density at radius 1 is 1.41 bits per heavy atom. The van der Waals surface area contributed by atoms with Crippen LogP contribution in [0.25, 0.3) is 0 Å². The molecule has 0 aliphatic carbocycles. The maximum atomic E-state index is 11.9. The lowest BCUT2D eigenvalue weighted by Gasteiger charge is -2.33. The third-order valence-electron chi connectivity index (χ3n) is 3.44. The summed E-state index contributed by atoms with van der Waals surface area (Å²) in [6.45, 7) is 8.61. The van der Waals surface area contributed by atoms with Gasteiger partial charge in [0.05, 0.1) is 12.7 Å². The SMILES string of the molecule is CC(C)CN1CCOC(CNC(=O)Nc2ccc(Br)cc2)C1. The fraction of sp³-hybridized carbons (Fsp3) is 0.562. The summed E-state index contributed by atoms with van der Waals surface area (Å²) in [5.74, 6) is 0.646. The zero-order valence-corrected chi connectivity index (χ0v) is 14.7. The monoisotopic (exact) mass is 369 g/mol. The topological polar surface area (TPSA) is 53.6 Å². The molecule has 5 nitrogen and oxygen atoms in total. The van der Waals surface area contributed by atoms with E-state index in [0.29, 0.717) is 12.5 Å².